The number of anilines is 1. The quantitative estimate of drug-likeness (QED) is 0.813. The lowest BCUT2D eigenvalue weighted by Gasteiger charge is -2.36. The standard InChI is InChI=1S/C13H18N2O2/c1-5-8-15(13(2,3)4)11-9-10(12(16)17)6-7-14-11/h5-7,9H,1,8H2,2-4H3,(H,16,17). The topological polar surface area (TPSA) is 53.4 Å². The molecule has 0 aliphatic carbocycles. The van der Waals surface area contributed by atoms with Crippen molar-refractivity contribution in [3.8, 4) is 0 Å². The Labute approximate surface area is 102 Å². The molecule has 0 fully saturated rings. The van der Waals surface area contributed by atoms with Gasteiger partial charge in [0.2, 0.25) is 0 Å². The van der Waals surface area contributed by atoms with E-state index in [9.17, 15) is 4.79 Å². The lowest BCUT2D eigenvalue weighted by Crippen LogP contribution is -2.42. The highest BCUT2D eigenvalue weighted by molar-refractivity contribution is 5.88. The van der Waals surface area contributed by atoms with E-state index in [-0.39, 0.29) is 11.1 Å². The first kappa shape index (κ1) is 13.2. The normalized spacial score (nSPS) is 11.0. The van der Waals surface area contributed by atoms with Crippen molar-refractivity contribution in [3.05, 3.63) is 36.5 Å². The molecule has 0 saturated heterocycles. The number of carboxylic acids is 1. The van der Waals surface area contributed by atoms with Gasteiger partial charge in [0.1, 0.15) is 5.82 Å². The van der Waals surface area contributed by atoms with Crippen LogP contribution in [0.15, 0.2) is 31.0 Å². The molecule has 0 bridgehead atoms. The maximum absolute atomic E-state index is 10.9. The Kier molecular flexibility index (Phi) is 3.89. The van der Waals surface area contributed by atoms with E-state index in [1.54, 1.807) is 12.1 Å². The molecule has 1 aromatic rings. The van der Waals surface area contributed by atoms with Crippen molar-refractivity contribution in [2.24, 2.45) is 0 Å². The number of hydrogen-bond acceptors (Lipinski definition) is 3. The van der Waals surface area contributed by atoms with E-state index < -0.39 is 5.97 Å². The van der Waals surface area contributed by atoms with Gasteiger partial charge in [-0.3, -0.25) is 0 Å². The molecular weight excluding hydrogens is 216 g/mol. The van der Waals surface area contributed by atoms with Gasteiger partial charge in [0.05, 0.1) is 5.56 Å². The molecule has 0 unspecified atom stereocenters. The summed E-state index contributed by atoms with van der Waals surface area (Å²) >= 11 is 0. The molecule has 1 heterocycles. The number of pyridine rings is 1. The van der Waals surface area contributed by atoms with Crippen LogP contribution >= 0.6 is 0 Å². The summed E-state index contributed by atoms with van der Waals surface area (Å²) in [5.41, 5.74) is 0.103. The van der Waals surface area contributed by atoms with Gasteiger partial charge in [0, 0.05) is 18.3 Å². The van der Waals surface area contributed by atoms with Crippen molar-refractivity contribution < 1.29 is 9.90 Å². The Morgan fingerprint density at radius 3 is 2.71 bits per heavy atom. The van der Waals surface area contributed by atoms with E-state index in [4.69, 9.17) is 5.11 Å². The number of rotatable bonds is 4. The second kappa shape index (κ2) is 4.99. The molecular formula is C13H18N2O2. The molecule has 92 valence electrons. The molecule has 1 N–H and O–H groups in total. The smallest absolute Gasteiger partial charge is 0.335 e. The van der Waals surface area contributed by atoms with Crippen LogP contribution in [0.5, 0.6) is 0 Å². The van der Waals surface area contributed by atoms with Gasteiger partial charge in [-0.1, -0.05) is 6.08 Å². The number of aromatic carboxylic acids is 1. The molecule has 0 radical (unpaired) electrons. The van der Waals surface area contributed by atoms with Gasteiger partial charge < -0.3 is 10.0 Å². The molecule has 0 aromatic carbocycles. The number of aromatic nitrogens is 1. The Morgan fingerprint density at radius 1 is 1.59 bits per heavy atom. The molecule has 17 heavy (non-hydrogen) atoms. The molecule has 4 heteroatoms. The monoisotopic (exact) mass is 234 g/mol. The number of carboxylic acid groups (broad SMARTS) is 1. The van der Waals surface area contributed by atoms with Crippen molar-refractivity contribution in [1.82, 2.24) is 4.98 Å². The maximum Gasteiger partial charge on any atom is 0.335 e. The van der Waals surface area contributed by atoms with Gasteiger partial charge in [0.15, 0.2) is 0 Å². The molecule has 1 rings (SSSR count). The predicted octanol–water partition coefficient (Wildman–Crippen LogP) is 2.57. The zero-order valence-corrected chi connectivity index (χ0v) is 10.5. The summed E-state index contributed by atoms with van der Waals surface area (Å²) < 4.78 is 0. The Morgan fingerprint density at radius 2 is 2.24 bits per heavy atom. The van der Waals surface area contributed by atoms with Crippen LogP contribution in [-0.4, -0.2) is 28.1 Å². The fourth-order valence-electron chi connectivity index (χ4n) is 1.54. The van der Waals surface area contributed by atoms with Gasteiger partial charge in [-0.05, 0) is 32.9 Å². The summed E-state index contributed by atoms with van der Waals surface area (Å²) in [7, 11) is 0. The minimum absolute atomic E-state index is 0.141. The zero-order chi connectivity index (χ0) is 13.1. The highest BCUT2D eigenvalue weighted by Crippen LogP contribution is 2.22. The Hall–Kier alpha value is -1.84. The lowest BCUT2D eigenvalue weighted by molar-refractivity contribution is 0.0696. The van der Waals surface area contributed by atoms with Crippen molar-refractivity contribution in [2.45, 2.75) is 26.3 Å². The molecule has 0 aliphatic heterocycles. The first-order valence-electron chi connectivity index (χ1n) is 5.44. The molecule has 0 atom stereocenters. The summed E-state index contributed by atoms with van der Waals surface area (Å²) in [5, 5.41) is 8.96. The lowest BCUT2D eigenvalue weighted by atomic mass is 10.1. The van der Waals surface area contributed by atoms with Crippen LogP contribution in [-0.2, 0) is 0 Å². The summed E-state index contributed by atoms with van der Waals surface area (Å²) in [4.78, 5) is 17.1. The number of hydrogen-bond donors (Lipinski definition) is 1. The molecule has 0 amide bonds. The third-order valence-electron chi connectivity index (χ3n) is 2.39. The second-order valence-corrected chi connectivity index (χ2v) is 4.78. The third-order valence-corrected chi connectivity index (χ3v) is 2.39. The summed E-state index contributed by atoms with van der Waals surface area (Å²) in [5.74, 6) is -0.293. The second-order valence-electron chi connectivity index (χ2n) is 4.78. The minimum Gasteiger partial charge on any atom is -0.478 e. The van der Waals surface area contributed by atoms with E-state index in [1.807, 2.05) is 25.7 Å². The average molecular weight is 234 g/mol. The Bertz CT molecular complexity index is 422. The van der Waals surface area contributed by atoms with Crippen molar-refractivity contribution >= 4 is 11.8 Å². The highest BCUT2D eigenvalue weighted by Gasteiger charge is 2.22. The number of carbonyl (C=O) groups is 1. The molecule has 0 spiro atoms. The van der Waals surface area contributed by atoms with E-state index in [2.05, 4.69) is 11.6 Å². The molecule has 0 aliphatic rings. The Balaban J connectivity index is 3.14. The van der Waals surface area contributed by atoms with Crippen molar-refractivity contribution in [1.29, 1.82) is 0 Å². The van der Waals surface area contributed by atoms with Gasteiger partial charge in [0.25, 0.3) is 0 Å². The highest BCUT2D eigenvalue weighted by atomic mass is 16.4. The predicted molar refractivity (Wildman–Crippen MR) is 68.5 cm³/mol. The van der Waals surface area contributed by atoms with Crippen LogP contribution in [0.2, 0.25) is 0 Å². The largest absolute Gasteiger partial charge is 0.478 e. The first-order valence-corrected chi connectivity index (χ1v) is 5.44. The van der Waals surface area contributed by atoms with Crippen LogP contribution in [0, 0.1) is 0 Å². The van der Waals surface area contributed by atoms with E-state index in [0.717, 1.165) is 0 Å². The first-order chi connectivity index (χ1) is 7.86. The minimum atomic E-state index is -0.943. The summed E-state index contributed by atoms with van der Waals surface area (Å²) in [6, 6.07) is 3.07. The third kappa shape index (κ3) is 3.31. The van der Waals surface area contributed by atoms with Gasteiger partial charge >= 0.3 is 5.97 Å². The average Bonchev–Trinajstić information content (AvgIpc) is 2.24. The van der Waals surface area contributed by atoms with Crippen LogP contribution < -0.4 is 4.90 Å². The van der Waals surface area contributed by atoms with Crippen molar-refractivity contribution in [2.75, 3.05) is 11.4 Å². The fraction of sp³-hybridized carbons (Fsp3) is 0.385. The summed E-state index contributed by atoms with van der Waals surface area (Å²) in [6.45, 7) is 10.5. The van der Waals surface area contributed by atoms with Crippen LogP contribution in [0.3, 0.4) is 0 Å². The fourth-order valence-corrected chi connectivity index (χ4v) is 1.54. The van der Waals surface area contributed by atoms with E-state index in [0.29, 0.717) is 12.4 Å². The summed E-state index contributed by atoms with van der Waals surface area (Å²) in [6.07, 6.45) is 3.29. The van der Waals surface area contributed by atoms with Crippen molar-refractivity contribution in [3.63, 3.8) is 0 Å². The molecule has 0 saturated carbocycles. The maximum atomic E-state index is 10.9. The van der Waals surface area contributed by atoms with Crippen LogP contribution in [0.4, 0.5) is 5.82 Å². The van der Waals surface area contributed by atoms with Gasteiger partial charge in [-0.2, -0.15) is 0 Å². The molecule has 4 nitrogen and oxygen atoms in total. The SMILES string of the molecule is C=CCN(c1cc(C(=O)O)ccn1)C(C)(C)C. The van der Waals surface area contributed by atoms with Crippen LogP contribution in [0.25, 0.3) is 0 Å². The van der Waals surface area contributed by atoms with Crippen LogP contribution in [0.1, 0.15) is 31.1 Å². The molecule has 1 aromatic heterocycles. The van der Waals surface area contributed by atoms with Gasteiger partial charge in [-0.25, -0.2) is 9.78 Å². The van der Waals surface area contributed by atoms with E-state index >= 15 is 0 Å². The number of nitrogens with zero attached hydrogens (tertiary/aromatic N) is 2. The van der Waals surface area contributed by atoms with Gasteiger partial charge in [-0.15, -0.1) is 6.58 Å². The zero-order valence-electron chi connectivity index (χ0n) is 10.5. The van der Waals surface area contributed by atoms with E-state index in [1.165, 1.54) is 12.3 Å².